The number of hydrogen-bond acceptors (Lipinski definition) is 5. The van der Waals surface area contributed by atoms with Crippen molar-refractivity contribution < 1.29 is 4.74 Å². The molecule has 0 amide bonds. The van der Waals surface area contributed by atoms with Crippen LogP contribution in [0.15, 0.2) is 55.0 Å². The molecule has 1 N–H and O–H groups in total. The number of rotatable bonds is 5. The summed E-state index contributed by atoms with van der Waals surface area (Å²) in [5, 5.41) is 12.3. The van der Waals surface area contributed by atoms with Crippen LogP contribution in [0.4, 0.5) is 5.82 Å². The Bertz CT molecular complexity index is 1030. The number of aromatic nitrogens is 5. The first kappa shape index (κ1) is 16.1. The first-order chi connectivity index (χ1) is 12.6. The summed E-state index contributed by atoms with van der Waals surface area (Å²) >= 11 is 0. The van der Waals surface area contributed by atoms with Gasteiger partial charge in [-0.3, -0.25) is 0 Å². The monoisotopic (exact) mass is 348 g/mol. The highest BCUT2D eigenvalue weighted by Gasteiger charge is 2.12. The van der Waals surface area contributed by atoms with Crippen LogP contribution in [-0.4, -0.2) is 31.5 Å². The van der Waals surface area contributed by atoms with Gasteiger partial charge in [-0.05, 0) is 38.1 Å². The second-order valence-electron chi connectivity index (χ2n) is 6.17. The lowest BCUT2D eigenvalue weighted by Gasteiger charge is -2.15. The fraction of sp³-hybridized carbons (Fsp3) is 0.211. The minimum absolute atomic E-state index is 0.0659. The van der Waals surface area contributed by atoms with Crippen LogP contribution in [0, 0.1) is 6.92 Å². The van der Waals surface area contributed by atoms with Gasteiger partial charge in [0.1, 0.15) is 11.6 Å². The predicted octanol–water partition coefficient (Wildman–Crippen LogP) is 3.41. The molecule has 0 aliphatic carbocycles. The Morgan fingerprint density at radius 2 is 1.92 bits per heavy atom. The number of benzene rings is 1. The van der Waals surface area contributed by atoms with Crippen LogP contribution in [0.3, 0.4) is 0 Å². The van der Waals surface area contributed by atoms with Crippen molar-refractivity contribution >= 4 is 11.5 Å². The number of nitrogens with zero attached hydrogens (tertiary/aromatic N) is 5. The van der Waals surface area contributed by atoms with Crippen LogP contribution >= 0.6 is 0 Å². The summed E-state index contributed by atoms with van der Waals surface area (Å²) in [5.41, 5.74) is 3.84. The molecule has 1 aromatic carbocycles. The number of anilines is 1. The molecule has 3 aromatic heterocycles. The second-order valence-corrected chi connectivity index (χ2v) is 6.17. The minimum Gasteiger partial charge on any atom is -0.497 e. The van der Waals surface area contributed by atoms with Gasteiger partial charge in [-0.1, -0.05) is 0 Å². The van der Waals surface area contributed by atoms with E-state index >= 15 is 0 Å². The molecule has 7 nitrogen and oxygen atoms in total. The van der Waals surface area contributed by atoms with E-state index < -0.39 is 0 Å². The fourth-order valence-corrected chi connectivity index (χ4v) is 2.88. The molecule has 4 rings (SSSR count). The van der Waals surface area contributed by atoms with Crippen molar-refractivity contribution in [1.82, 2.24) is 24.4 Å². The lowest BCUT2D eigenvalue weighted by molar-refractivity contribution is 0.414. The summed E-state index contributed by atoms with van der Waals surface area (Å²) in [6, 6.07) is 11.8. The maximum Gasteiger partial charge on any atom is 0.157 e. The van der Waals surface area contributed by atoms with Crippen molar-refractivity contribution in [2.24, 2.45) is 0 Å². The molecule has 1 atom stereocenters. The third kappa shape index (κ3) is 2.99. The Morgan fingerprint density at radius 3 is 2.69 bits per heavy atom. The molecule has 132 valence electrons. The Hall–Kier alpha value is -3.35. The summed E-state index contributed by atoms with van der Waals surface area (Å²) in [7, 11) is 1.66. The van der Waals surface area contributed by atoms with Gasteiger partial charge in [0.05, 0.1) is 31.2 Å². The molecule has 0 saturated heterocycles. The Morgan fingerprint density at radius 1 is 1.12 bits per heavy atom. The van der Waals surface area contributed by atoms with Crippen LogP contribution in [0.25, 0.3) is 11.3 Å². The molecule has 3 heterocycles. The molecule has 26 heavy (non-hydrogen) atoms. The van der Waals surface area contributed by atoms with Gasteiger partial charge in [-0.2, -0.15) is 14.7 Å². The molecular formula is C19H20N6O. The quantitative estimate of drug-likeness (QED) is 0.598. The average Bonchev–Trinajstić information content (AvgIpc) is 3.31. The number of fused-ring (bicyclic) bond motifs is 1. The summed E-state index contributed by atoms with van der Waals surface area (Å²) in [4.78, 5) is 4.47. The normalized spacial score (nSPS) is 12.3. The van der Waals surface area contributed by atoms with Crippen LogP contribution in [0.5, 0.6) is 5.75 Å². The largest absolute Gasteiger partial charge is 0.497 e. The van der Waals surface area contributed by atoms with Crippen molar-refractivity contribution in [1.29, 1.82) is 0 Å². The van der Waals surface area contributed by atoms with Crippen LogP contribution in [0.1, 0.15) is 24.2 Å². The average molecular weight is 348 g/mol. The third-order valence-electron chi connectivity index (χ3n) is 4.29. The molecule has 0 radical (unpaired) electrons. The predicted molar refractivity (Wildman–Crippen MR) is 99.9 cm³/mol. The molecular weight excluding hydrogens is 328 g/mol. The summed E-state index contributed by atoms with van der Waals surface area (Å²) < 4.78 is 8.86. The molecule has 7 heteroatoms. The molecule has 4 aromatic rings. The van der Waals surface area contributed by atoms with E-state index in [4.69, 9.17) is 4.74 Å². The number of aryl methyl sites for hydroxylation is 1. The van der Waals surface area contributed by atoms with E-state index in [1.54, 1.807) is 17.8 Å². The van der Waals surface area contributed by atoms with Crippen molar-refractivity contribution in [3.05, 3.63) is 66.2 Å². The van der Waals surface area contributed by atoms with E-state index in [0.29, 0.717) is 0 Å². The highest BCUT2D eigenvalue weighted by molar-refractivity contribution is 5.50. The molecule has 0 aliphatic rings. The van der Waals surface area contributed by atoms with Gasteiger partial charge in [0.2, 0.25) is 0 Å². The van der Waals surface area contributed by atoms with E-state index in [-0.39, 0.29) is 6.04 Å². The summed E-state index contributed by atoms with van der Waals surface area (Å²) in [6.07, 6.45) is 5.64. The number of ether oxygens (including phenoxy) is 1. The third-order valence-corrected chi connectivity index (χ3v) is 4.29. The highest BCUT2D eigenvalue weighted by Crippen LogP contribution is 2.21. The van der Waals surface area contributed by atoms with E-state index in [0.717, 1.165) is 34.2 Å². The topological polar surface area (TPSA) is 69.3 Å². The van der Waals surface area contributed by atoms with Crippen molar-refractivity contribution in [2.45, 2.75) is 19.9 Å². The maximum absolute atomic E-state index is 5.20. The fourth-order valence-electron chi connectivity index (χ4n) is 2.88. The minimum atomic E-state index is 0.0659. The highest BCUT2D eigenvalue weighted by atomic mass is 16.5. The van der Waals surface area contributed by atoms with Crippen LogP contribution in [-0.2, 0) is 0 Å². The zero-order chi connectivity index (χ0) is 18.1. The molecule has 0 fully saturated rings. The first-order valence-electron chi connectivity index (χ1n) is 8.41. The smallest absolute Gasteiger partial charge is 0.157 e. The molecule has 0 saturated carbocycles. The van der Waals surface area contributed by atoms with E-state index in [1.807, 2.05) is 60.4 Å². The summed E-state index contributed by atoms with van der Waals surface area (Å²) in [5.74, 6) is 1.73. The van der Waals surface area contributed by atoms with Gasteiger partial charge in [-0.15, -0.1) is 0 Å². The first-order valence-corrected chi connectivity index (χ1v) is 8.41. The zero-order valence-electron chi connectivity index (χ0n) is 14.9. The second kappa shape index (κ2) is 6.51. The van der Waals surface area contributed by atoms with Gasteiger partial charge in [-0.25, -0.2) is 9.67 Å². The maximum atomic E-state index is 5.20. The zero-order valence-corrected chi connectivity index (χ0v) is 14.9. The van der Waals surface area contributed by atoms with Crippen LogP contribution in [0.2, 0.25) is 0 Å². The van der Waals surface area contributed by atoms with Crippen molar-refractivity contribution in [2.75, 3.05) is 12.4 Å². The Kier molecular flexibility index (Phi) is 4.04. The van der Waals surface area contributed by atoms with Gasteiger partial charge >= 0.3 is 0 Å². The summed E-state index contributed by atoms with van der Waals surface area (Å²) in [6.45, 7) is 4.07. The SMILES string of the molecule is COc1ccc(-n2cc(C(C)Nc3cc(C)nc4ccnn34)cn2)cc1. The lowest BCUT2D eigenvalue weighted by atomic mass is 10.2. The Balaban J connectivity index is 1.57. The standard InChI is InChI=1S/C19H20N6O/c1-13-10-19(25-18(22-13)8-9-20-25)23-14(2)15-11-21-24(12-15)16-4-6-17(26-3)7-5-16/h4-12,14,23H,1-3H3. The molecule has 0 aliphatic heterocycles. The molecule has 0 spiro atoms. The van der Waals surface area contributed by atoms with E-state index in [1.165, 1.54) is 0 Å². The van der Waals surface area contributed by atoms with Crippen molar-refractivity contribution in [3.8, 4) is 11.4 Å². The Labute approximate surface area is 151 Å². The van der Waals surface area contributed by atoms with Gasteiger partial charge in [0.15, 0.2) is 5.65 Å². The van der Waals surface area contributed by atoms with Crippen molar-refractivity contribution in [3.63, 3.8) is 0 Å². The van der Waals surface area contributed by atoms with Gasteiger partial charge in [0.25, 0.3) is 0 Å². The number of hydrogen-bond donors (Lipinski definition) is 1. The van der Waals surface area contributed by atoms with E-state index in [2.05, 4.69) is 27.4 Å². The lowest BCUT2D eigenvalue weighted by Crippen LogP contribution is -2.10. The number of methoxy groups -OCH3 is 1. The van der Waals surface area contributed by atoms with Gasteiger partial charge < -0.3 is 10.1 Å². The molecule has 1 unspecified atom stereocenters. The number of nitrogens with one attached hydrogen (secondary N) is 1. The van der Waals surface area contributed by atoms with Gasteiger partial charge in [0, 0.05) is 29.6 Å². The van der Waals surface area contributed by atoms with Crippen LogP contribution < -0.4 is 10.1 Å². The van der Waals surface area contributed by atoms with E-state index in [9.17, 15) is 0 Å². The molecule has 0 bridgehead atoms.